The standard InChI is InChI=1S/C22H23N3O4S2/c1-16(22(26)24-19-7-6-17-4-2-3-5-18(17)14-19)30-21-9-8-20(15-23-21)31(27,28)25-10-12-29-13-11-25/h2-9,14-16H,10-13H2,1H3,(H,24,26). The molecular formula is C22H23N3O4S2. The Bertz CT molecular complexity index is 1180. The summed E-state index contributed by atoms with van der Waals surface area (Å²) in [5.41, 5.74) is 0.732. The lowest BCUT2D eigenvalue weighted by molar-refractivity contribution is -0.115. The molecule has 2 aromatic carbocycles. The van der Waals surface area contributed by atoms with Gasteiger partial charge < -0.3 is 10.1 Å². The average molecular weight is 458 g/mol. The SMILES string of the molecule is CC(Sc1ccc(S(=O)(=O)N2CCOCC2)cn1)C(=O)Nc1ccc2ccccc2c1. The lowest BCUT2D eigenvalue weighted by atomic mass is 10.1. The van der Waals surface area contributed by atoms with Gasteiger partial charge in [-0.2, -0.15) is 4.31 Å². The smallest absolute Gasteiger partial charge is 0.244 e. The van der Waals surface area contributed by atoms with Gasteiger partial charge in [0.15, 0.2) is 0 Å². The van der Waals surface area contributed by atoms with Gasteiger partial charge in [-0.1, -0.05) is 42.1 Å². The van der Waals surface area contributed by atoms with Gasteiger partial charge in [-0.15, -0.1) is 0 Å². The van der Waals surface area contributed by atoms with Crippen molar-refractivity contribution in [1.82, 2.24) is 9.29 Å². The van der Waals surface area contributed by atoms with E-state index in [-0.39, 0.29) is 10.8 Å². The minimum Gasteiger partial charge on any atom is -0.379 e. The highest BCUT2D eigenvalue weighted by Gasteiger charge is 2.26. The Morgan fingerprint density at radius 3 is 2.55 bits per heavy atom. The topological polar surface area (TPSA) is 88.6 Å². The molecule has 1 atom stereocenters. The number of carbonyl (C=O) groups excluding carboxylic acids is 1. The molecule has 1 amide bonds. The Hall–Kier alpha value is -2.46. The second-order valence-electron chi connectivity index (χ2n) is 7.16. The number of sulfonamides is 1. The van der Waals surface area contributed by atoms with Crippen molar-refractivity contribution in [2.75, 3.05) is 31.6 Å². The fourth-order valence-corrected chi connectivity index (χ4v) is 5.41. The molecule has 31 heavy (non-hydrogen) atoms. The van der Waals surface area contributed by atoms with E-state index in [9.17, 15) is 13.2 Å². The summed E-state index contributed by atoms with van der Waals surface area (Å²) in [7, 11) is -3.58. The van der Waals surface area contributed by atoms with E-state index < -0.39 is 15.3 Å². The summed E-state index contributed by atoms with van der Waals surface area (Å²) in [5.74, 6) is -0.146. The predicted molar refractivity (Wildman–Crippen MR) is 122 cm³/mol. The van der Waals surface area contributed by atoms with Crippen molar-refractivity contribution < 1.29 is 17.9 Å². The summed E-state index contributed by atoms with van der Waals surface area (Å²) >= 11 is 1.28. The zero-order chi connectivity index (χ0) is 21.8. The molecular weight excluding hydrogens is 434 g/mol. The molecule has 0 bridgehead atoms. The molecule has 1 unspecified atom stereocenters. The number of rotatable bonds is 6. The minimum absolute atomic E-state index is 0.145. The maximum absolute atomic E-state index is 12.7. The van der Waals surface area contributed by atoms with Crippen molar-refractivity contribution in [3.63, 3.8) is 0 Å². The van der Waals surface area contributed by atoms with Crippen LogP contribution < -0.4 is 5.32 Å². The van der Waals surface area contributed by atoms with Crippen LogP contribution >= 0.6 is 11.8 Å². The molecule has 1 aliphatic rings. The van der Waals surface area contributed by atoms with Gasteiger partial charge in [0, 0.05) is 25.0 Å². The fourth-order valence-electron chi connectivity index (χ4n) is 3.27. The van der Waals surface area contributed by atoms with Gasteiger partial charge in [0.25, 0.3) is 0 Å². The lowest BCUT2D eigenvalue weighted by Crippen LogP contribution is -2.40. The Morgan fingerprint density at radius 2 is 1.84 bits per heavy atom. The first-order valence-corrected chi connectivity index (χ1v) is 12.3. The van der Waals surface area contributed by atoms with Crippen molar-refractivity contribution >= 4 is 44.2 Å². The van der Waals surface area contributed by atoms with E-state index >= 15 is 0 Å². The van der Waals surface area contributed by atoms with Gasteiger partial charge in [-0.25, -0.2) is 13.4 Å². The van der Waals surface area contributed by atoms with Crippen LogP contribution in [0.25, 0.3) is 10.8 Å². The van der Waals surface area contributed by atoms with Crippen LogP contribution in [0.2, 0.25) is 0 Å². The Labute approximate surface area is 185 Å². The number of aromatic nitrogens is 1. The van der Waals surface area contributed by atoms with E-state index in [0.717, 1.165) is 16.5 Å². The summed E-state index contributed by atoms with van der Waals surface area (Å²) < 4.78 is 32.0. The van der Waals surface area contributed by atoms with Crippen LogP contribution in [0.3, 0.4) is 0 Å². The van der Waals surface area contributed by atoms with Gasteiger partial charge in [0.1, 0.15) is 4.90 Å². The van der Waals surface area contributed by atoms with Crippen molar-refractivity contribution in [2.45, 2.75) is 22.1 Å². The third-order valence-corrected chi connectivity index (χ3v) is 7.93. The molecule has 1 saturated heterocycles. The van der Waals surface area contributed by atoms with Crippen LogP contribution in [0.1, 0.15) is 6.92 Å². The predicted octanol–water partition coefficient (Wildman–Crippen LogP) is 3.38. The summed E-state index contributed by atoms with van der Waals surface area (Å²) in [6.45, 7) is 3.26. The summed E-state index contributed by atoms with van der Waals surface area (Å²) in [6, 6.07) is 16.9. The third-order valence-electron chi connectivity index (χ3n) is 5.00. The first-order chi connectivity index (χ1) is 14.9. The fraction of sp³-hybridized carbons (Fsp3) is 0.273. The Kier molecular flexibility index (Phi) is 6.57. The number of fused-ring (bicyclic) bond motifs is 1. The maximum Gasteiger partial charge on any atom is 0.244 e. The second kappa shape index (κ2) is 9.35. The molecule has 4 rings (SSSR count). The quantitative estimate of drug-likeness (QED) is 0.571. The van der Waals surface area contributed by atoms with E-state index in [2.05, 4.69) is 10.3 Å². The number of hydrogen-bond donors (Lipinski definition) is 1. The van der Waals surface area contributed by atoms with Crippen LogP contribution in [0.4, 0.5) is 5.69 Å². The molecule has 0 saturated carbocycles. The molecule has 0 radical (unpaired) electrons. The number of anilines is 1. The first-order valence-electron chi connectivity index (χ1n) is 9.94. The van der Waals surface area contributed by atoms with Crippen molar-refractivity contribution in [3.05, 3.63) is 60.8 Å². The van der Waals surface area contributed by atoms with E-state index in [1.54, 1.807) is 13.0 Å². The highest BCUT2D eigenvalue weighted by atomic mass is 32.2. The molecule has 1 aliphatic heterocycles. The average Bonchev–Trinajstić information content (AvgIpc) is 2.80. The van der Waals surface area contributed by atoms with Crippen molar-refractivity contribution in [2.24, 2.45) is 0 Å². The highest BCUT2D eigenvalue weighted by Crippen LogP contribution is 2.25. The van der Waals surface area contributed by atoms with Crippen LogP contribution in [-0.2, 0) is 19.6 Å². The number of carbonyl (C=O) groups is 1. The van der Waals surface area contributed by atoms with Gasteiger partial charge >= 0.3 is 0 Å². The molecule has 1 aromatic heterocycles. The van der Waals surface area contributed by atoms with Crippen LogP contribution in [0.5, 0.6) is 0 Å². The molecule has 1 fully saturated rings. The Morgan fingerprint density at radius 1 is 1.10 bits per heavy atom. The van der Waals surface area contributed by atoms with Gasteiger partial charge in [-0.3, -0.25) is 4.79 Å². The monoisotopic (exact) mass is 457 g/mol. The number of ether oxygens (including phenoxy) is 1. The van der Waals surface area contributed by atoms with E-state index in [1.807, 2.05) is 42.5 Å². The number of nitrogens with one attached hydrogen (secondary N) is 1. The van der Waals surface area contributed by atoms with Gasteiger partial charge in [-0.05, 0) is 42.0 Å². The van der Waals surface area contributed by atoms with E-state index in [4.69, 9.17) is 4.74 Å². The molecule has 0 spiro atoms. The van der Waals surface area contributed by atoms with Crippen molar-refractivity contribution in [1.29, 1.82) is 0 Å². The number of amides is 1. The highest BCUT2D eigenvalue weighted by molar-refractivity contribution is 8.00. The number of pyridine rings is 1. The largest absolute Gasteiger partial charge is 0.379 e. The zero-order valence-corrected chi connectivity index (χ0v) is 18.7. The molecule has 3 aromatic rings. The number of thioether (sulfide) groups is 1. The number of hydrogen-bond acceptors (Lipinski definition) is 6. The molecule has 7 nitrogen and oxygen atoms in total. The minimum atomic E-state index is -3.58. The van der Waals surface area contributed by atoms with E-state index in [0.29, 0.717) is 31.3 Å². The van der Waals surface area contributed by atoms with Gasteiger partial charge in [0.2, 0.25) is 15.9 Å². The van der Waals surface area contributed by atoms with E-state index in [1.165, 1.54) is 28.3 Å². The Balaban J connectivity index is 1.39. The molecule has 162 valence electrons. The molecule has 2 heterocycles. The summed E-state index contributed by atoms with van der Waals surface area (Å²) in [4.78, 5) is 17.0. The van der Waals surface area contributed by atoms with Crippen molar-refractivity contribution in [3.8, 4) is 0 Å². The lowest BCUT2D eigenvalue weighted by Gasteiger charge is -2.25. The van der Waals surface area contributed by atoms with Crippen LogP contribution in [0, 0.1) is 0 Å². The number of benzene rings is 2. The molecule has 1 N–H and O–H groups in total. The van der Waals surface area contributed by atoms with Crippen LogP contribution in [-0.4, -0.2) is 55.2 Å². The zero-order valence-electron chi connectivity index (χ0n) is 17.0. The summed E-state index contributed by atoms with van der Waals surface area (Å²) in [5, 5.41) is 5.28. The molecule has 0 aliphatic carbocycles. The normalized spacial score (nSPS) is 16.2. The first kappa shape index (κ1) is 21.8. The maximum atomic E-state index is 12.7. The van der Waals surface area contributed by atoms with Gasteiger partial charge in [0.05, 0.1) is 23.5 Å². The summed E-state index contributed by atoms with van der Waals surface area (Å²) in [6.07, 6.45) is 1.35. The number of nitrogens with zero attached hydrogens (tertiary/aromatic N) is 2. The van der Waals surface area contributed by atoms with Crippen LogP contribution in [0.15, 0.2) is 70.7 Å². The third kappa shape index (κ3) is 5.07. The number of morpholine rings is 1. The second-order valence-corrected chi connectivity index (χ2v) is 10.5. The molecule has 9 heteroatoms.